The third-order valence-electron chi connectivity index (χ3n) is 3.21. The number of aryl methyl sites for hydroxylation is 3. The fourth-order valence-corrected chi connectivity index (χ4v) is 2.27. The summed E-state index contributed by atoms with van der Waals surface area (Å²) in [6.07, 6.45) is 2.94. The van der Waals surface area contributed by atoms with E-state index >= 15 is 0 Å². The molecular formula is C16H22N2O2. The van der Waals surface area contributed by atoms with Gasteiger partial charge in [-0.3, -0.25) is 9.59 Å². The monoisotopic (exact) mass is 274 g/mol. The molecule has 0 aromatic heterocycles. The van der Waals surface area contributed by atoms with Gasteiger partial charge in [0.25, 0.3) is 5.78 Å². The van der Waals surface area contributed by atoms with E-state index < -0.39 is 11.7 Å². The van der Waals surface area contributed by atoms with Gasteiger partial charge in [0.15, 0.2) is 0 Å². The summed E-state index contributed by atoms with van der Waals surface area (Å²) < 4.78 is 0. The number of nitrogens with zero attached hydrogens (tertiary/aromatic N) is 2. The van der Waals surface area contributed by atoms with Crippen LogP contribution in [0.5, 0.6) is 0 Å². The second-order valence-electron chi connectivity index (χ2n) is 4.70. The second kappa shape index (κ2) is 6.98. The van der Waals surface area contributed by atoms with E-state index in [1.807, 2.05) is 32.9 Å². The lowest BCUT2D eigenvalue weighted by atomic mass is 9.92. The molecule has 0 radical (unpaired) electrons. The summed E-state index contributed by atoms with van der Waals surface area (Å²) in [6, 6.07) is 3.95. The Balaban J connectivity index is 3.31. The Morgan fingerprint density at radius 2 is 1.70 bits per heavy atom. The second-order valence-corrected chi connectivity index (χ2v) is 4.70. The minimum Gasteiger partial charge on any atom is -0.283 e. The Morgan fingerprint density at radius 1 is 1.20 bits per heavy atom. The summed E-state index contributed by atoms with van der Waals surface area (Å²) >= 11 is 0. The van der Waals surface area contributed by atoms with Gasteiger partial charge in [-0.05, 0) is 37.8 Å². The van der Waals surface area contributed by atoms with E-state index in [9.17, 15) is 9.59 Å². The van der Waals surface area contributed by atoms with E-state index in [2.05, 4.69) is 5.10 Å². The average molecular weight is 274 g/mol. The number of Topliss-reactive ketones (excluding diaryl/α,β-unsaturated/α-hetero) is 1. The van der Waals surface area contributed by atoms with Crippen LogP contribution in [0.25, 0.3) is 0 Å². The molecule has 0 heterocycles. The Morgan fingerprint density at radius 3 is 2.10 bits per heavy atom. The lowest BCUT2D eigenvalue weighted by molar-refractivity contribution is -0.125. The molecule has 0 aliphatic heterocycles. The van der Waals surface area contributed by atoms with Gasteiger partial charge in [-0.25, -0.2) is 5.01 Å². The molecule has 0 bridgehead atoms. The highest BCUT2D eigenvalue weighted by molar-refractivity contribution is 6.43. The summed E-state index contributed by atoms with van der Waals surface area (Å²) in [4.78, 5) is 24.6. The van der Waals surface area contributed by atoms with Crippen LogP contribution in [0.15, 0.2) is 17.2 Å². The summed E-state index contributed by atoms with van der Waals surface area (Å²) in [6.45, 7) is 7.68. The smallest absolute Gasteiger partial charge is 0.283 e. The van der Waals surface area contributed by atoms with Crippen molar-refractivity contribution in [2.24, 2.45) is 5.10 Å². The molecule has 1 amide bonds. The SMILES string of the molecule is C/C=N/N(C)C(=O)C(=O)c1c(CC)cc(C)cc1CC. The van der Waals surface area contributed by atoms with Gasteiger partial charge in [0, 0.05) is 18.8 Å². The molecule has 4 nitrogen and oxygen atoms in total. The summed E-state index contributed by atoms with van der Waals surface area (Å²) in [7, 11) is 1.49. The van der Waals surface area contributed by atoms with Gasteiger partial charge >= 0.3 is 5.91 Å². The number of hydrogen-bond donors (Lipinski definition) is 0. The van der Waals surface area contributed by atoms with Crippen LogP contribution in [-0.4, -0.2) is 30.0 Å². The highest BCUT2D eigenvalue weighted by atomic mass is 16.2. The number of amides is 1. The van der Waals surface area contributed by atoms with Crippen molar-refractivity contribution in [3.63, 3.8) is 0 Å². The van der Waals surface area contributed by atoms with Crippen LogP contribution in [0.4, 0.5) is 0 Å². The molecule has 20 heavy (non-hydrogen) atoms. The third-order valence-corrected chi connectivity index (χ3v) is 3.21. The molecule has 0 saturated heterocycles. The van der Waals surface area contributed by atoms with E-state index in [0.29, 0.717) is 5.56 Å². The standard InChI is InChI=1S/C16H22N2O2/c1-6-12-9-11(4)10-13(7-2)14(12)15(19)16(20)18(5)17-8-3/h8-10H,6-7H2,1-5H3/b17-8+. The van der Waals surface area contributed by atoms with E-state index in [4.69, 9.17) is 0 Å². The highest BCUT2D eigenvalue weighted by Crippen LogP contribution is 2.20. The molecule has 0 aliphatic rings. The van der Waals surface area contributed by atoms with Gasteiger partial charge in [0.2, 0.25) is 0 Å². The van der Waals surface area contributed by atoms with Gasteiger partial charge < -0.3 is 0 Å². The zero-order valence-electron chi connectivity index (χ0n) is 12.9. The predicted molar refractivity (Wildman–Crippen MR) is 81.2 cm³/mol. The molecule has 0 fully saturated rings. The molecule has 0 atom stereocenters. The molecule has 1 aromatic rings. The van der Waals surface area contributed by atoms with Crippen LogP contribution < -0.4 is 0 Å². The molecule has 0 unspecified atom stereocenters. The van der Waals surface area contributed by atoms with Crippen molar-refractivity contribution < 1.29 is 9.59 Å². The third kappa shape index (κ3) is 3.32. The zero-order valence-corrected chi connectivity index (χ0v) is 12.9. The van der Waals surface area contributed by atoms with Crippen molar-refractivity contribution in [1.29, 1.82) is 0 Å². The fraction of sp³-hybridized carbons (Fsp3) is 0.438. The lowest BCUT2D eigenvalue weighted by Crippen LogP contribution is -2.30. The number of benzene rings is 1. The number of hydrazone groups is 1. The van der Waals surface area contributed by atoms with Crippen LogP contribution in [0.3, 0.4) is 0 Å². The summed E-state index contributed by atoms with van der Waals surface area (Å²) in [5.41, 5.74) is 3.51. The Bertz CT molecular complexity index is 522. The van der Waals surface area contributed by atoms with Crippen LogP contribution in [0.2, 0.25) is 0 Å². The largest absolute Gasteiger partial charge is 0.314 e. The minimum absolute atomic E-state index is 0.480. The molecular weight excluding hydrogens is 252 g/mol. The molecule has 108 valence electrons. The summed E-state index contributed by atoms with van der Waals surface area (Å²) in [5.74, 6) is -1.08. The van der Waals surface area contributed by atoms with E-state index in [-0.39, 0.29) is 0 Å². The molecule has 0 spiro atoms. The lowest BCUT2D eigenvalue weighted by Gasteiger charge is -2.15. The van der Waals surface area contributed by atoms with Crippen LogP contribution >= 0.6 is 0 Å². The molecule has 0 aliphatic carbocycles. The number of likely N-dealkylation sites (N-methyl/N-ethyl adjacent to an activating group) is 1. The topological polar surface area (TPSA) is 49.7 Å². The molecule has 1 aromatic carbocycles. The molecule has 0 N–H and O–H groups in total. The van der Waals surface area contributed by atoms with E-state index in [0.717, 1.165) is 34.5 Å². The average Bonchev–Trinajstić information content (AvgIpc) is 2.44. The van der Waals surface area contributed by atoms with Gasteiger partial charge in [-0.2, -0.15) is 5.10 Å². The Hall–Kier alpha value is -1.97. The van der Waals surface area contributed by atoms with E-state index in [1.54, 1.807) is 6.92 Å². The van der Waals surface area contributed by atoms with Gasteiger partial charge in [-0.15, -0.1) is 0 Å². The molecule has 4 heteroatoms. The van der Waals surface area contributed by atoms with Crippen molar-refractivity contribution in [2.75, 3.05) is 7.05 Å². The zero-order chi connectivity index (χ0) is 15.3. The Labute approximate surface area is 120 Å². The normalized spacial score (nSPS) is 10.8. The first kappa shape index (κ1) is 16.1. The van der Waals surface area contributed by atoms with Crippen LogP contribution in [0, 0.1) is 6.92 Å². The minimum atomic E-state index is -0.601. The quantitative estimate of drug-likeness (QED) is 0.359. The maximum absolute atomic E-state index is 12.5. The molecule has 0 saturated carbocycles. The number of carbonyl (C=O) groups is 2. The van der Waals surface area contributed by atoms with E-state index in [1.165, 1.54) is 13.3 Å². The van der Waals surface area contributed by atoms with Gasteiger partial charge in [0.1, 0.15) is 0 Å². The van der Waals surface area contributed by atoms with Gasteiger partial charge in [-0.1, -0.05) is 31.5 Å². The first-order valence-electron chi connectivity index (χ1n) is 6.89. The van der Waals surface area contributed by atoms with Crippen molar-refractivity contribution in [3.8, 4) is 0 Å². The summed E-state index contributed by atoms with van der Waals surface area (Å²) in [5, 5.41) is 4.92. The number of ketones is 1. The maximum Gasteiger partial charge on any atom is 0.314 e. The maximum atomic E-state index is 12.5. The number of hydrogen-bond acceptors (Lipinski definition) is 3. The predicted octanol–water partition coefficient (Wildman–Crippen LogP) is 2.77. The first-order chi connectivity index (χ1) is 9.46. The molecule has 1 rings (SSSR count). The first-order valence-corrected chi connectivity index (χ1v) is 6.89. The van der Waals surface area contributed by atoms with Gasteiger partial charge in [0.05, 0.1) is 0 Å². The van der Waals surface area contributed by atoms with Crippen LogP contribution in [-0.2, 0) is 17.6 Å². The van der Waals surface area contributed by atoms with Crippen molar-refractivity contribution in [1.82, 2.24) is 5.01 Å². The van der Waals surface area contributed by atoms with Crippen molar-refractivity contribution >= 4 is 17.9 Å². The van der Waals surface area contributed by atoms with Crippen molar-refractivity contribution in [2.45, 2.75) is 40.5 Å². The number of rotatable bonds is 5. The Kier molecular flexibility index (Phi) is 5.62. The van der Waals surface area contributed by atoms with Crippen molar-refractivity contribution in [3.05, 3.63) is 34.4 Å². The number of carbonyl (C=O) groups excluding carboxylic acids is 2. The fourth-order valence-electron chi connectivity index (χ4n) is 2.27. The highest BCUT2D eigenvalue weighted by Gasteiger charge is 2.24. The van der Waals surface area contributed by atoms with Crippen LogP contribution in [0.1, 0.15) is 47.8 Å².